The third-order valence-electron chi connectivity index (χ3n) is 6.21. The summed E-state index contributed by atoms with van der Waals surface area (Å²) < 4.78 is 10.8. The second-order valence-corrected chi connectivity index (χ2v) is 9.10. The minimum absolute atomic E-state index is 0.0988. The number of hydrogen-bond donors (Lipinski definition) is 4. The number of allylic oxidation sites excluding steroid dienone is 4. The topological polar surface area (TPSA) is 157 Å². The highest BCUT2D eigenvalue weighted by Crippen LogP contribution is 2.23. The molecule has 2 bridgehead atoms. The molecule has 5 N–H and O–H groups in total. The molecule has 1 heterocycles. The number of carbonyl (C=O) groups excluding carboxylic acids is 4. The SMILES string of the molecule is C=CCNC1=C2CCCC[C@H](O)C/C=C(\C)[C@H](OC(N)=O)C(OC)/C=C\C=C(/C)C(=O)NC(=CC1=O)C2=O. The molecule has 2 amide bonds. The molecule has 0 saturated heterocycles. The van der Waals surface area contributed by atoms with Crippen molar-refractivity contribution in [1.29, 1.82) is 0 Å². The second kappa shape index (κ2) is 14.8. The third kappa shape index (κ3) is 8.67. The molecule has 38 heavy (non-hydrogen) atoms. The lowest BCUT2D eigenvalue weighted by Gasteiger charge is -2.24. The van der Waals surface area contributed by atoms with Gasteiger partial charge in [0.05, 0.1) is 17.5 Å². The molecule has 2 rings (SSSR count). The van der Waals surface area contributed by atoms with Gasteiger partial charge in [0.25, 0.3) is 5.91 Å². The minimum Gasteiger partial charge on any atom is -0.439 e. The monoisotopic (exact) mass is 527 g/mol. The summed E-state index contributed by atoms with van der Waals surface area (Å²) in [6.07, 6.45) is 8.09. The van der Waals surface area contributed by atoms with Crippen LogP contribution in [0.1, 0.15) is 46.0 Å². The van der Waals surface area contributed by atoms with Gasteiger partial charge >= 0.3 is 6.09 Å². The number of hydrogen-bond acceptors (Lipinski definition) is 8. The van der Waals surface area contributed by atoms with Crippen LogP contribution in [-0.2, 0) is 23.9 Å². The average molecular weight is 528 g/mol. The van der Waals surface area contributed by atoms with E-state index in [-0.39, 0.29) is 22.5 Å². The van der Waals surface area contributed by atoms with E-state index < -0.39 is 41.9 Å². The molecular weight excluding hydrogens is 490 g/mol. The Morgan fingerprint density at radius 2 is 2.03 bits per heavy atom. The Morgan fingerprint density at radius 1 is 1.29 bits per heavy atom. The maximum atomic E-state index is 13.2. The molecule has 0 fully saturated rings. The van der Waals surface area contributed by atoms with Crippen molar-refractivity contribution in [1.82, 2.24) is 10.6 Å². The molecule has 0 saturated carbocycles. The maximum absolute atomic E-state index is 13.2. The Kier molecular flexibility index (Phi) is 11.9. The van der Waals surface area contributed by atoms with Gasteiger partial charge in [-0.2, -0.15) is 0 Å². The average Bonchev–Trinajstić information content (AvgIpc) is 2.87. The van der Waals surface area contributed by atoms with Crippen molar-refractivity contribution >= 4 is 23.6 Å². The standard InChI is InChI=1S/C28H37N3O7/c1-5-15-30-24-20-11-7-6-10-19(32)14-13-17(2)26(38-28(29)36)23(37-4)12-8-9-18(3)27(35)31-21(25(20)34)16-22(24)33/h5,8-9,12-13,16,19,23,26,30,32H,1,6-7,10-11,14-15H2,2-4H3,(H2,29,36)(H,31,35)/b12-8-,17-13+,18-9+/t19-,23?,26-/m0/s1. The number of rotatable bonds is 5. The number of Topliss-reactive ketones (excluding diaryl/α,β-unsaturated/α-hetero) is 1. The lowest BCUT2D eigenvalue weighted by atomic mass is 9.92. The zero-order valence-electron chi connectivity index (χ0n) is 22.1. The van der Waals surface area contributed by atoms with Crippen LogP contribution in [0.2, 0.25) is 0 Å². The summed E-state index contributed by atoms with van der Waals surface area (Å²) in [5.74, 6) is -1.40. The molecule has 1 aliphatic carbocycles. The molecule has 0 aromatic carbocycles. The predicted molar refractivity (Wildman–Crippen MR) is 142 cm³/mol. The zero-order chi connectivity index (χ0) is 28.2. The van der Waals surface area contributed by atoms with Crippen molar-refractivity contribution in [3.63, 3.8) is 0 Å². The smallest absolute Gasteiger partial charge is 0.405 e. The first-order valence-corrected chi connectivity index (χ1v) is 12.5. The number of nitrogens with one attached hydrogen (secondary N) is 2. The van der Waals surface area contributed by atoms with Gasteiger partial charge in [0.2, 0.25) is 11.6 Å². The zero-order valence-corrected chi connectivity index (χ0v) is 22.1. The van der Waals surface area contributed by atoms with Crippen LogP contribution in [0.5, 0.6) is 0 Å². The van der Waals surface area contributed by atoms with E-state index in [1.807, 2.05) is 0 Å². The molecular formula is C28H37N3O7. The number of ketones is 2. The molecule has 0 radical (unpaired) electrons. The summed E-state index contributed by atoms with van der Waals surface area (Å²) in [7, 11) is 1.44. The second-order valence-electron chi connectivity index (χ2n) is 9.10. The summed E-state index contributed by atoms with van der Waals surface area (Å²) in [5.41, 5.74) is 6.55. The van der Waals surface area contributed by atoms with Gasteiger partial charge in [0.1, 0.15) is 6.10 Å². The summed E-state index contributed by atoms with van der Waals surface area (Å²) in [4.78, 5) is 50.3. The molecule has 10 nitrogen and oxygen atoms in total. The lowest BCUT2D eigenvalue weighted by molar-refractivity contribution is -0.120. The van der Waals surface area contributed by atoms with Gasteiger partial charge in [-0.05, 0) is 45.1 Å². The van der Waals surface area contributed by atoms with Crippen LogP contribution in [0.3, 0.4) is 0 Å². The van der Waals surface area contributed by atoms with E-state index in [1.54, 1.807) is 38.2 Å². The van der Waals surface area contributed by atoms with Gasteiger partial charge in [0, 0.05) is 30.9 Å². The fourth-order valence-electron chi connectivity index (χ4n) is 4.08. The van der Waals surface area contributed by atoms with Crippen molar-refractivity contribution in [2.24, 2.45) is 5.73 Å². The quantitative estimate of drug-likeness (QED) is 0.314. The third-order valence-corrected chi connectivity index (χ3v) is 6.21. The van der Waals surface area contributed by atoms with E-state index >= 15 is 0 Å². The first-order chi connectivity index (χ1) is 18.1. The van der Waals surface area contributed by atoms with Crippen molar-refractivity contribution in [3.8, 4) is 0 Å². The van der Waals surface area contributed by atoms with Crippen LogP contribution in [-0.4, -0.2) is 60.6 Å². The Morgan fingerprint density at radius 3 is 2.68 bits per heavy atom. The van der Waals surface area contributed by atoms with Gasteiger partial charge in [-0.3, -0.25) is 14.4 Å². The highest BCUT2D eigenvalue weighted by molar-refractivity contribution is 6.23. The Balaban J connectivity index is 2.43. The van der Waals surface area contributed by atoms with E-state index in [2.05, 4.69) is 17.2 Å². The summed E-state index contributed by atoms with van der Waals surface area (Å²) in [6.45, 7) is 7.24. The van der Waals surface area contributed by atoms with Crippen LogP contribution in [0.25, 0.3) is 0 Å². The molecule has 2 aliphatic rings. The van der Waals surface area contributed by atoms with Gasteiger partial charge < -0.3 is 30.9 Å². The van der Waals surface area contributed by atoms with Crippen LogP contribution >= 0.6 is 0 Å². The van der Waals surface area contributed by atoms with Crippen molar-refractivity contribution < 1.29 is 33.8 Å². The van der Waals surface area contributed by atoms with Crippen molar-refractivity contribution in [2.45, 2.75) is 64.3 Å². The fourth-order valence-corrected chi connectivity index (χ4v) is 4.08. The minimum atomic E-state index is -0.974. The van der Waals surface area contributed by atoms with Gasteiger partial charge in [-0.25, -0.2) is 4.79 Å². The van der Waals surface area contributed by atoms with Gasteiger partial charge in [-0.1, -0.05) is 36.8 Å². The van der Waals surface area contributed by atoms with Crippen LogP contribution in [0.15, 0.2) is 71.1 Å². The van der Waals surface area contributed by atoms with Crippen LogP contribution in [0, 0.1) is 0 Å². The number of amides is 2. The van der Waals surface area contributed by atoms with Crippen molar-refractivity contribution in [3.05, 3.63) is 71.1 Å². The van der Waals surface area contributed by atoms with E-state index in [4.69, 9.17) is 15.2 Å². The fraction of sp³-hybridized carbons (Fsp3) is 0.429. The Hall–Kier alpha value is -3.76. The Bertz CT molecular complexity index is 1100. The van der Waals surface area contributed by atoms with E-state index in [1.165, 1.54) is 13.2 Å². The molecule has 0 spiro atoms. The number of primary amides is 1. The van der Waals surface area contributed by atoms with Crippen LogP contribution in [0.4, 0.5) is 4.79 Å². The van der Waals surface area contributed by atoms with Gasteiger partial charge in [0.15, 0.2) is 6.10 Å². The summed E-state index contributed by atoms with van der Waals surface area (Å²) >= 11 is 0. The number of fused-ring (bicyclic) bond motifs is 2. The maximum Gasteiger partial charge on any atom is 0.405 e. The summed E-state index contributed by atoms with van der Waals surface area (Å²) in [6, 6.07) is 0. The molecule has 10 heteroatoms. The number of ether oxygens (including phenoxy) is 2. The van der Waals surface area contributed by atoms with Gasteiger partial charge in [-0.15, -0.1) is 6.58 Å². The number of methoxy groups -OCH3 is 1. The van der Waals surface area contributed by atoms with Crippen molar-refractivity contribution in [2.75, 3.05) is 13.7 Å². The summed E-state index contributed by atoms with van der Waals surface area (Å²) in [5, 5.41) is 16.0. The lowest BCUT2D eigenvalue weighted by Crippen LogP contribution is -2.35. The highest BCUT2D eigenvalue weighted by atomic mass is 16.6. The molecule has 206 valence electrons. The Labute approximate surface area is 223 Å². The number of aliphatic hydroxyl groups excluding tert-OH is 1. The van der Waals surface area contributed by atoms with E-state index in [0.29, 0.717) is 44.2 Å². The number of aliphatic hydroxyl groups is 1. The first-order valence-electron chi connectivity index (χ1n) is 12.5. The first kappa shape index (κ1) is 30.5. The van der Waals surface area contributed by atoms with E-state index in [9.17, 15) is 24.3 Å². The molecule has 3 atom stereocenters. The number of nitrogens with two attached hydrogens (primary N) is 1. The molecule has 1 aliphatic heterocycles. The molecule has 1 unspecified atom stereocenters. The predicted octanol–water partition coefficient (Wildman–Crippen LogP) is 2.42. The molecule has 0 aromatic rings. The number of carbonyl (C=O) groups is 4. The highest BCUT2D eigenvalue weighted by Gasteiger charge is 2.29. The largest absolute Gasteiger partial charge is 0.439 e. The van der Waals surface area contributed by atoms with Crippen LogP contribution < -0.4 is 16.4 Å². The molecule has 0 aromatic heterocycles. The van der Waals surface area contributed by atoms with E-state index in [0.717, 1.165) is 6.08 Å². The normalized spacial score (nSPS) is 27.7.